The molecule has 1 fully saturated rings. The number of benzene rings is 1. The predicted octanol–water partition coefficient (Wildman–Crippen LogP) is 2.40. The van der Waals surface area contributed by atoms with Crippen molar-refractivity contribution in [2.45, 2.75) is 6.61 Å². The maximum absolute atomic E-state index is 11.9. The molecule has 0 atom stereocenters. The zero-order chi connectivity index (χ0) is 13.7. The first-order valence-electron chi connectivity index (χ1n) is 6.01. The minimum absolute atomic E-state index is 0.347. The smallest absolute Gasteiger partial charge is 0.347 e. The van der Waals surface area contributed by atoms with E-state index in [2.05, 4.69) is 10.3 Å². The Bertz CT molecular complexity index is 491. The highest BCUT2D eigenvalue weighted by atomic mass is 32.2. The van der Waals surface area contributed by atoms with Gasteiger partial charge in [-0.1, -0.05) is 30.0 Å². The topological polar surface area (TPSA) is 53.9 Å². The van der Waals surface area contributed by atoms with Gasteiger partial charge in [0.15, 0.2) is 5.17 Å². The van der Waals surface area contributed by atoms with E-state index in [0.29, 0.717) is 6.61 Å². The van der Waals surface area contributed by atoms with Crippen LogP contribution in [0.3, 0.4) is 0 Å². The summed E-state index contributed by atoms with van der Waals surface area (Å²) in [7, 11) is 3.56. The number of thioether (sulfide) groups is 1. The van der Waals surface area contributed by atoms with Crippen LogP contribution in [0.5, 0.6) is 0 Å². The van der Waals surface area contributed by atoms with Crippen molar-refractivity contribution in [3.05, 3.63) is 29.8 Å². The predicted molar refractivity (Wildman–Crippen MR) is 78.7 cm³/mol. The number of hydrogen-bond donors (Lipinski definition) is 1. The zero-order valence-corrected chi connectivity index (χ0v) is 11.9. The Morgan fingerprint density at radius 2 is 2.32 bits per heavy atom. The fraction of sp³-hybridized carbons (Fsp3) is 0.385. The summed E-state index contributed by atoms with van der Waals surface area (Å²) in [5.41, 5.74) is 1.68. The molecular weight excluding hydrogens is 262 g/mol. The Balaban J connectivity index is 2.06. The monoisotopic (exact) mass is 279 g/mol. The number of rotatable bonds is 3. The maximum atomic E-state index is 11.9. The van der Waals surface area contributed by atoms with Gasteiger partial charge in [0, 0.05) is 37.7 Å². The molecule has 0 aliphatic carbocycles. The largest absolute Gasteiger partial charge is 0.380 e. The van der Waals surface area contributed by atoms with Crippen LogP contribution in [0.15, 0.2) is 29.3 Å². The highest BCUT2D eigenvalue weighted by Crippen LogP contribution is 2.18. The van der Waals surface area contributed by atoms with E-state index in [-0.39, 0.29) is 6.03 Å². The summed E-state index contributed by atoms with van der Waals surface area (Å²) in [6, 6.07) is 7.20. The number of aliphatic imine (C=N–C) groups is 1. The Morgan fingerprint density at radius 1 is 1.53 bits per heavy atom. The lowest BCUT2D eigenvalue weighted by molar-refractivity contribution is 0.185. The van der Waals surface area contributed by atoms with Crippen molar-refractivity contribution in [2.24, 2.45) is 4.99 Å². The molecule has 0 spiro atoms. The van der Waals surface area contributed by atoms with E-state index < -0.39 is 0 Å². The molecule has 0 bridgehead atoms. The number of amidine groups is 1. The average molecular weight is 279 g/mol. The summed E-state index contributed by atoms with van der Waals surface area (Å²) in [5, 5.41) is 3.56. The van der Waals surface area contributed by atoms with Crippen molar-refractivity contribution in [1.29, 1.82) is 0 Å². The van der Waals surface area contributed by atoms with Gasteiger partial charge in [-0.2, -0.15) is 4.99 Å². The molecular formula is C13H17N3O2S. The summed E-state index contributed by atoms with van der Waals surface area (Å²) in [4.78, 5) is 17.9. The number of carbonyl (C=O) groups is 1. The van der Waals surface area contributed by atoms with Crippen molar-refractivity contribution in [1.82, 2.24) is 4.90 Å². The molecule has 1 aromatic carbocycles. The van der Waals surface area contributed by atoms with Gasteiger partial charge in [-0.15, -0.1) is 0 Å². The molecule has 1 aliphatic rings. The number of amides is 2. The number of nitrogens with one attached hydrogen (secondary N) is 1. The first-order chi connectivity index (χ1) is 9.20. The van der Waals surface area contributed by atoms with Gasteiger partial charge in [0.1, 0.15) is 0 Å². The Kier molecular flexibility index (Phi) is 4.81. The second-order valence-corrected chi connectivity index (χ2v) is 5.25. The third kappa shape index (κ3) is 3.71. The van der Waals surface area contributed by atoms with E-state index in [9.17, 15) is 4.79 Å². The molecule has 1 heterocycles. The molecule has 2 rings (SSSR count). The lowest BCUT2D eigenvalue weighted by Crippen LogP contribution is -2.21. The Hall–Kier alpha value is -1.53. The normalized spacial score (nSPS) is 16.9. The Labute approximate surface area is 117 Å². The van der Waals surface area contributed by atoms with Crippen LogP contribution in [0, 0.1) is 0 Å². The first kappa shape index (κ1) is 13.9. The van der Waals surface area contributed by atoms with Crippen LogP contribution in [0.25, 0.3) is 0 Å². The lowest BCUT2D eigenvalue weighted by atomic mass is 10.2. The summed E-state index contributed by atoms with van der Waals surface area (Å²) in [6.45, 7) is 1.39. The molecule has 0 radical (unpaired) electrons. The van der Waals surface area contributed by atoms with Crippen molar-refractivity contribution in [2.75, 3.05) is 31.8 Å². The zero-order valence-electron chi connectivity index (χ0n) is 11.0. The minimum atomic E-state index is -0.347. The molecule has 1 aromatic rings. The first-order valence-corrected chi connectivity index (χ1v) is 6.99. The number of nitrogens with zero attached hydrogens (tertiary/aromatic N) is 2. The van der Waals surface area contributed by atoms with Gasteiger partial charge in [0.05, 0.1) is 6.61 Å². The van der Waals surface area contributed by atoms with Crippen LogP contribution in [-0.4, -0.2) is 42.6 Å². The standard InChI is InChI=1S/C13H17N3O2S/c1-16-7-8-19-13(16)15-12(17)14-11-6-4-3-5-10(11)9-18-2/h3-6H,7-9H2,1-2H3,(H,14,17)/b15-13-. The molecule has 0 unspecified atom stereocenters. The van der Waals surface area contributed by atoms with Crippen LogP contribution < -0.4 is 5.32 Å². The fourth-order valence-corrected chi connectivity index (χ4v) is 2.76. The quantitative estimate of drug-likeness (QED) is 0.923. The summed E-state index contributed by atoms with van der Waals surface area (Å²) >= 11 is 1.59. The highest BCUT2D eigenvalue weighted by molar-refractivity contribution is 8.14. The van der Waals surface area contributed by atoms with E-state index >= 15 is 0 Å². The van der Waals surface area contributed by atoms with Crippen molar-refractivity contribution < 1.29 is 9.53 Å². The van der Waals surface area contributed by atoms with Gasteiger partial charge >= 0.3 is 6.03 Å². The molecule has 0 aromatic heterocycles. The van der Waals surface area contributed by atoms with Crippen LogP contribution in [0.4, 0.5) is 10.5 Å². The van der Waals surface area contributed by atoms with Gasteiger partial charge in [0.25, 0.3) is 0 Å². The van der Waals surface area contributed by atoms with E-state index in [4.69, 9.17) is 4.74 Å². The third-order valence-corrected chi connectivity index (χ3v) is 3.79. The molecule has 102 valence electrons. The molecule has 0 saturated carbocycles. The van der Waals surface area contributed by atoms with Crippen molar-refractivity contribution in [3.63, 3.8) is 0 Å². The van der Waals surface area contributed by atoms with E-state index in [1.807, 2.05) is 36.2 Å². The van der Waals surface area contributed by atoms with Crippen LogP contribution in [0.1, 0.15) is 5.56 Å². The summed E-state index contributed by atoms with van der Waals surface area (Å²) in [5.74, 6) is 0.975. The second kappa shape index (κ2) is 6.58. The molecule has 2 amide bonds. The van der Waals surface area contributed by atoms with Gasteiger partial charge in [-0.05, 0) is 6.07 Å². The summed E-state index contributed by atoms with van der Waals surface area (Å²) < 4.78 is 5.10. The fourth-order valence-electron chi connectivity index (χ4n) is 1.75. The van der Waals surface area contributed by atoms with Crippen molar-refractivity contribution in [3.8, 4) is 0 Å². The lowest BCUT2D eigenvalue weighted by Gasteiger charge is -2.11. The summed E-state index contributed by atoms with van der Waals surface area (Å²) in [6.07, 6.45) is 0. The number of hydrogen-bond acceptors (Lipinski definition) is 3. The van der Waals surface area contributed by atoms with Gasteiger partial charge in [-0.3, -0.25) is 0 Å². The van der Waals surface area contributed by atoms with Crippen LogP contribution >= 0.6 is 11.8 Å². The SMILES string of the molecule is COCc1ccccc1NC(=O)/N=C1\SCCN1C. The van der Waals surface area contributed by atoms with E-state index in [1.54, 1.807) is 18.9 Å². The molecule has 1 N–H and O–H groups in total. The van der Waals surface area contributed by atoms with Crippen LogP contribution in [-0.2, 0) is 11.3 Å². The highest BCUT2D eigenvalue weighted by Gasteiger charge is 2.16. The molecule has 1 aliphatic heterocycles. The van der Waals surface area contributed by atoms with Gasteiger partial charge < -0.3 is 15.0 Å². The molecule has 5 nitrogen and oxygen atoms in total. The number of methoxy groups -OCH3 is 1. The average Bonchev–Trinajstić information content (AvgIpc) is 2.78. The molecule has 1 saturated heterocycles. The molecule has 6 heteroatoms. The van der Waals surface area contributed by atoms with Crippen LogP contribution in [0.2, 0.25) is 0 Å². The Morgan fingerprint density at radius 3 is 3.00 bits per heavy atom. The second-order valence-electron chi connectivity index (χ2n) is 4.18. The van der Waals surface area contributed by atoms with E-state index in [1.165, 1.54) is 0 Å². The number of carbonyl (C=O) groups excluding carboxylic acids is 1. The van der Waals surface area contributed by atoms with Gasteiger partial charge in [0.2, 0.25) is 0 Å². The molecule has 19 heavy (non-hydrogen) atoms. The maximum Gasteiger partial charge on any atom is 0.347 e. The number of ether oxygens (including phenoxy) is 1. The number of para-hydroxylation sites is 1. The van der Waals surface area contributed by atoms with Gasteiger partial charge in [-0.25, -0.2) is 4.79 Å². The number of anilines is 1. The number of urea groups is 1. The third-order valence-electron chi connectivity index (χ3n) is 2.74. The van der Waals surface area contributed by atoms with Crippen molar-refractivity contribution >= 4 is 28.6 Å². The minimum Gasteiger partial charge on any atom is -0.380 e. The van der Waals surface area contributed by atoms with E-state index in [0.717, 1.165) is 28.7 Å².